The Morgan fingerprint density at radius 2 is 1.90 bits per heavy atom. The molecule has 0 radical (unpaired) electrons. The molecule has 0 saturated heterocycles. The zero-order valence-corrected chi connectivity index (χ0v) is 12.4. The summed E-state index contributed by atoms with van der Waals surface area (Å²) in [5.41, 5.74) is 2.47. The van der Waals surface area contributed by atoms with E-state index in [1.54, 1.807) is 13.1 Å². The largest absolute Gasteiger partial charge is 0.387 e. The van der Waals surface area contributed by atoms with Crippen molar-refractivity contribution >= 4 is 17.5 Å². The van der Waals surface area contributed by atoms with E-state index in [9.17, 15) is 9.59 Å². The van der Waals surface area contributed by atoms with Crippen molar-refractivity contribution in [2.45, 2.75) is 26.7 Å². The molecule has 3 N–H and O–H groups in total. The summed E-state index contributed by atoms with van der Waals surface area (Å²) in [4.78, 5) is 23.5. The quantitative estimate of drug-likeness (QED) is 0.710. The van der Waals surface area contributed by atoms with Gasteiger partial charge in [0.15, 0.2) is 0 Å². The van der Waals surface area contributed by atoms with E-state index >= 15 is 0 Å². The van der Waals surface area contributed by atoms with E-state index in [-0.39, 0.29) is 11.8 Å². The standard InChI is InChI=1S/C15H23N3O2/c1-4-8-17-14(19)7-9-18-15(20)12-6-5-11(2)10-13(12)16-3/h5-6,10,16H,4,7-9H2,1-3H3,(H,17,19)(H,18,20). The van der Waals surface area contributed by atoms with Gasteiger partial charge in [0.1, 0.15) is 0 Å². The molecule has 0 aromatic heterocycles. The Balaban J connectivity index is 2.49. The van der Waals surface area contributed by atoms with E-state index in [0.717, 1.165) is 17.7 Å². The monoisotopic (exact) mass is 277 g/mol. The zero-order chi connectivity index (χ0) is 15.0. The lowest BCUT2D eigenvalue weighted by molar-refractivity contribution is -0.120. The number of carbonyl (C=O) groups is 2. The third-order valence-corrected chi connectivity index (χ3v) is 2.90. The van der Waals surface area contributed by atoms with Gasteiger partial charge in [-0.3, -0.25) is 9.59 Å². The van der Waals surface area contributed by atoms with Crippen LogP contribution in [0.15, 0.2) is 18.2 Å². The van der Waals surface area contributed by atoms with Crippen molar-refractivity contribution in [3.8, 4) is 0 Å². The Morgan fingerprint density at radius 3 is 2.55 bits per heavy atom. The smallest absolute Gasteiger partial charge is 0.253 e. The van der Waals surface area contributed by atoms with Crippen LogP contribution in [0.2, 0.25) is 0 Å². The van der Waals surface area contributed by atoms with Crippen LogP contribution in [-0.2, 0) is 4.79 Å². The number of carbonyl (C=O) groups excluding carboxylic acids is 2. The van der Waals surface area contributed by atoms with Gasteiger partial charge in [-0.25, -0.2) is 0 Å². The van der Waals surface area contributed by atoms with Crippen molar-refractivity contribution in [3.05, 3.63) is 29.3 Å². The Morgan fingerprint density at radius 1 is 1.15 bits per heavy atom. The van der Waals surface area contributed by atoms with Gasteiger partial charge >= 0.3 is 0 Å². The highest BCUT2D eigenvalue weighted by Crippen LogP contribution is 2.16. The predicted octanol–water partition coefficient (Wildman–Crippen LogP) is 1.68. The van der Waals surface area contributed by atoms with Crippen molar-refractivity contribution in [2.75, 3.05) is 25.5 Å². The van der Waals surface area contributed by atoms with Gasteiger partial charge in [0, 0.05) is 32.2 Å². The molecule has 5 nitrogen and oxygen atoms in total. The van der Waals surface area contributed by atoms with Crippen molar-refractivity contribution in [3.63, 3.8) is 0 Å². The second kappa shape index (κ2) is 8.19. The number of hydrogen-bond acceptors (Lipinski definition) is 3. The van der Waals surface area contributed by atoms with Crippen LogP contribution in [-0.4, -0.2) is 32.0 Å². The molecule has 0 spiro atoms. The second-order valence-corrected chi connectivity index (χ2v) is 4.65. The lowest BCUT2D eigenvalue weighted by Crippen LogP contribution is -2.31. The van der Waals surface area contributed by atoms with Crippen molar-refractivity contribution in [1.29, 1.82) is 0 Å². The molecular weight excluding hydrogens is 254 g/mol. The Kier molecular flexibility index (Phi) is 6.56. The van der Waals surface area contributed by atoms with Gasteiger partial charge in [0.2, 0.25) is 5.91 Å². The van der Waals surface area contributed by atoms with Gasteiger partial charge in [-0.2, -0.15) is 0 Å². The van der Waals surface area contributed by atoms with Crippen LogP contribution >= 0.6 is 0 Å². The molecule has 20 heavy (non-hydrogen) atoms. The normalized spacial score (nSPS) is 9.95. The first-order chi connectivity index (χ1) is 9.58. The lowest BCUT2D eigenvalue weighted by Gasteiger charge is -2.10. The van der Waals surface area contributed by atoms with Gasteiger partial charge in [0.25, 0.3) is 5.91 Å². The maximum absolute atomic E-state index is 12.0. The third kappa shape index (κ3) is 4.91. The highest BCUT2D eigenvalue weighted by atomic mass is 16.2. The van der Waals surface area contributed by atoms with Crippen molar-refractivity contribution < 1.29 is 9.59 Å². The van der Waals surface area contributed by atoms with Gasteiger partial charge in [0.05, 0.1) is 5.56 Å². The first-order valence-electron chi connectivity index (χ1n) is 6.91. The molecule has 0 aliphatic carbocycles. The fraction of sp³-hybridized carbons (Fsp3) is 0.467. The summed E-state index contributed by atoms with van der Waals surface area (Å²) in [5.74, 6) is -0.206. The lowest BCUT2D eigenvalue weighted by atomic mass is 10.1. The topological polar surface area (TPSA) is 70.2 Å². The summed E-state index contributed by atoms with van der Waals surface area (Å²) >= 11 is 0. The number of anilines is 1. The van der Waals surface area contributed by atoms with Crippen LogP contribution in [0.3, 0.4) is 0 Å². The first-order valence-corrected chi connectivity index (χ1v) is 6.91. The van der Waals surface area contributed by atoms with E-state index < -0.39 is 0 Å². The summed E-state index contributed by atoms with van der Waals surface area (Å²) in [6.45, 7) is 4.99. The molecule has 5 heteroatoms. The van der Waals surface area contributed by atoms with E-state index in [1.165, 1.54) is 0 Å². The molecule has 1 rings (SSSR count). The second-order valence-electron chi connectivity index (χ2n) is 4.65. The minimum Gasteiger partial charge on any atom is -0.387 e. The van der Waals surface area contributed by atoms with Gasteiger partial charge in [-0.15, -0.1) is 0 Å². The van der Waals surface area contributed by atoms with Gasteiger partial charge < -0.3 is 16.0 Å². The van der Waals surface area contributed by atoms with Gasteiger partial charge in [-0.05, 0) is 31.0 Å². The van der Waals surface area contributed by atoms with E-state index in [0.29, 0.717) is 25.1 Å². The van der Waals surface area contributed by atoms with E-state index in [1.807, 2.05) is 26.0 Å². The summed E-state index contributed by atoms with van der Waals surface area (Å²) in [6.07, 6.45) is 1.21. The Labute approximate surface area is 120 Å². The zero-order valence-electron chi connectivity index (χ0n) is 12.4. The maximum atomic E-state index is 12.0. The molecule has 0 unspecified atom stereocenters. The molecular formula is C15H23N3O2. The highest BCUT2D eigenvalue weighted by molar-refractivity contribution is 5.99. The predicted molar refractivity (Wildman–Crippen MR) is 81.0 cm³/mol. The summed E-state index contributed by atoms with van der Waals surface area (Å²) in [7, 11) is 1.78. The molecule has 0 fully saturated rings. The third-order valence-electron chi connectivity index (χ3n) is 2.90. The molecule has 2 amide bonds. The van der Waals surface area contributed by atoms with Gasteiger partial charge in [-0.1, -0.05) is 13.0 Å². The molecule has 1 aromatic carbocycles. The van der Waals surface area contributed by atoms with Crippen LogP contribution in [0.25, 0.3) is 0 Å². The van der Waals surface area contributed by atoms with E-state index in [4.69, 9.17) is 0 Å². The molecule has 0 heterocycles. The molecule has 0 saturated carbocycles. The van der Waals surface area contributed by atoms with Crippen LogP contribution in [0, 0.1) is 6.92 Å². The number of benzene rings is 1. The van der Waals surface area contributed by atoms with Crippen molar-refractivity contribution in [2.24, 2.45) is 0 Å². The molecule has 0 aliphatic heterocycles. The number of amides is 2. The number of nitrogens with one attached hydrogen (secondary N) is 3. The summed E-state index contributed by atoms with van der Waals surface area (Å²) in [6, 6.07) is 5.60. The van der Waals surface area contributed by atoms with Crippen molar-refractivity contribution in [1.82, 2.24) is 10.6 Å². The molecule has 0 aliphatic rings. The number of hydrogen-bond donors (Lipinski definition) is 3. The number of aryl methyl sites for hydroxylation is 1. The Bertz CT molecular complexity index is 472. The minimum atomic E-state index is -0.169. The molecule has 0 bridgehead atoms. The molecule has 1 aromatic rings. The highest BCUT2D eigenvalue weighted by Gasteiger charge is 2.10. The summed E-state index contributed by atoms with van der Waals surface area (Å²) in [5, 5.41) is 8.54. The van der Waals surface area contributed by atoms with Crippen LogP contribution in [0.4, 0.5) is 5.69 Å². The Hall–Kier alpha value is -2.04. The fourth-order valence-electron chi connectivity index (χ4n) is 1.80. The average Bonchev–Trinajstić information content (AvgIpc) is 2.44. The molecule has 110 valence electrons. The summed E-state index contributed by atoms with van der Waals surface area (Å²) < 4.78 is 0. The SMILES string of the molecule is CCCNC(=O)CCNC(=O)c1ccc(C)cc1NC. The average molecular weight is 277 g/mol. The molecule has 0 atom stereocenters. The van der Waals surface area contributed by atoms with Crippen LogP contribution in [0.1, 0.15) is 35.7 Å². The fourth-order valence-corrected chi connectivity index (χ4v) is 1.80. The first kappa shape index (κ1) is 16.0. The minimum absolute atomic E-state index is 0.0371. The van der Waals surface area contributed by atoms with E-state index in [2.05, 4.69) is 16.0 Å². The van der Waals surface area contributed by atoms with Crippen LogP contribution < -0.4 is 16.0 Å². The number of rotatable bonds is 7. The maximum Gasteiger partial charge on any atom is 0.253 e. The van der Waals surface area contributed by atoms with Crippen LogP contribution in [0.5, 0.6) is 0 Å².